The van der Waals surface area contributed by atoms with Crippen molar-refractivity contribution in [3.63, 3.8) is 0 Å². The lowest BCUT2D eigenvalue weighted by atomic mass is 10.2. The molecule has 0 atom stereocenters. The molecule has 7 heteroatoms. The molecule has 2 aromatic carbocycles. The van der Waals surface area contributed by atoms with Crippen LogP contribution in [0.25, 0.3) is 0 Å². The Hall–Kier alpha value is -1.37. The van der Waals surface area contributed by atoms with Crippen molar-refractivity contribution in [3.05, 3.63) is 62.0 Å². The molecule has 0 radical (unpaired) electrons. The number of benzene rings is 2. The highest BCUT2D eigenvalue weighted by Crippen LogP contribution is 2.25. The predicted molar refractivity (Wildman–Crippen MR) is 92.1 cm³/mol. The highest BCUT2D eigenvalue weighted by molar-refractivity contribution is 9.11. The molecule has 0 aliphatic heterocycles. The predicted octanol–water partition coefficient (Wildman–Crippen LogP) is 4.64. The Bertz CT molecular complexity index is 689. The second kappa shape index (κ2) is 7.06. The van der Waals surface area contributed by atoms with E-state index in [4.69, 9.17) is 17.0 Å². The normalized spacial score (nSPS) is 10.0. The van der Waals surface area contributed by atoms with Crippen LogP contribution >= 0.6 is 43.5 Å². The minimum Gasteiger partial charge on any atom is -0.325 e. The Morgan fingerprint density at radius 1 is 1.10 bits per heavy atom. The van der Waals surface area contributed by atoms with Crippen LogP contribution in [0.4, 0.5) is 5.69 Å². The standard InChI is InChI=1S/C14H10Br2ClN3O/c15-9-3-6-11(16)12(7-9)19-14(18)20-13(21)8-1-4-10(17)5-2-8/h1-7H,(H3,18,19,20,21). The van der Waals surface area contributed by atoms with E-state index in [9.17, 15) is 4.79 Å². The molecule has 0 aliphatic rings. The van der Waals surface area contributed by atoms with Crippen LogP contribution in [0.5, 0.6) is 0 Å². The average molecular weight is 432 g/mol. The van der Waals surface area contributed by atoms with Crippen molar-refractivity contribution in [3.8, 4) is 0 Å². The zero-order valence-corrected chi connectivity index (χ0v) is 14.5. The van der Waals surface area contributed by atoms with Crippen LogP contribution in [0.3, 0.4) is 0 Å². The van der Waals surface area contributed by atoms with E-state index in [2.05, 4.69) is 42.5 Å². The number of guanidine groups is 1. The Balaban J connectivity index is 2.03. The Morgan fingerprint density at radius 2 is 1.76 bits per heavy atom. The molecule has 0 saturated carbocycles. The van der Waals surface area contributed by atoms with Crippen molar-refractivity contribution in [1.82, 2.24) is 5.32 Å². The van der Waals surface area contributed by atoms with E-state index in [0.717, 1.165) is 8.95 Å². The lowest BCUT2D eigenvalue weighted by molar-refractivity contribution is 0.0977. The first-order chi connectivity index (χ1) is 9.95. The van der Waals surface area contributed by atoms with Crippen molar-refractivity contribution in [2.75, 3.05) is 5.32 Å². The molecular weight excluding hydrogens is 421 g/mol. The van der Waals surface area contributed by atoms with Crippen LogP contribution in [-0.2, 0) is 0 Å². The fourth-order valence-corrected chi connectivity index (χ4v) is 2.38. The highest BCUT2D eigenvalue weighted by Gasteiger charge is 2.09. The van der Waals surface area contributed by atoms with Crippen molar-refractivity contribution >= 4 is 61.0 Å². The third kappa shape index (κ3) is 4.56. The fraction of sp³-hybridized carbons (Fsp3) is 0. The molecule has 108 valence electrons. The van der Waals surface area contributed by atoms with Crippen LogP contribution in [0, 0.1) is 5.41 Å². The number of nitrogens with one attached hydrogen (secondary N) is 3. The summed E-state index contributed by atoms with van der Waals surface area (Å²) in [5, 5.41) is 13.6. The van der Waals surface area contributed by atoms with Crippen LogP contribution < -0.4 is 10.6 Å². The summed E-state index contributed by atoms with van der Waals surface area (Å²) in [5.74, 6) is -0.496. The number of carbonyl (C=O) groups is 1. The van der Waals surface area contributed by atoms with Crippen molar-refractivity contribution in [2.24, 2.45) is 0 Å². The Labute approximate surface area is 143 Å². The second-order valence-corrected chi connectivity index (χ2v) is 6.29. The van der Waals surface area contributed by atoms with Gasteiger partial charge in [0.25, 0.3) is 5.91 Å². The smallest absolute Gasteiger partial charge is 0.257 e. The van der Waals surface area contributed by atoms with Crippen molar-refractivity contribution < 1.29 is 4.79 Å². The van der Waals surface area contributed by atoms with E-state index in [-0.39, 0.29) is 11.9 Å². The van der Waals surface area contributed by atoms with Crippen LogP contribution in [0.1, 0.15) is 10.4 Å². The summed E-state index contributed by atoms with van der Waals surface area (Å²) >= 11 is 12.5. The molecule has 2 aromatic rings. The van der Waals surface area contributed by atoms with E-state index in [1.807, 2.05) is 12.1 Å². The van der Waals surface area contributed by atoms with E-state index >= 15 is 0 Å². The molecule has 0 fully saturated rings. The fourth-order valence-electron chi connectivity index (χ4n) is 1.55. The zero-order chi connectivity index (χ0) is 15.4. The van der Waals surface area contributed by atoms with Crippen LogP contribution in [0.2, 0.25) is 5.02 Å². The van der Waals surface area contributed by atoms with Gasteiger partial charge in [0.05, 0.1) is 5.69 Å². The maximum absolute atomic E-state index is 12.0. The molecule has 0 saturated heterocycles. The summed E-state index contributed by atoms with van der Waals surface area (Å²) in [5.41, 5.74) is 1.10. The van der Waals surface area contributed by atoms with Gasteiger partial charge in [-0.3, -0.25) is 15.5 Å². The van der Waals surface area contributed by atoms with Crippen molar-refractivity contribution in [1.29, 1.82) is 5.41 Å². The van der Waals surface area contributed by atoms with Crippen LogP contribution in [-0.4, -0.2) is 11.9 Å². The number of hydrogen-bond acceptors (Lipinski definition) is 2. The molecule has 0 spiro atoms. The van der Waals surface area contributed by atoms with E-state index in [1.54, 1.807) is 30.3 Å². The molecule has 0 unspecified atom stereocenters. The maximum Gasteiger partial charge on any atom is 0.257 e. The number of halogens is 3. The molecule has 2 rings (SSSR count). The van der Waals surface area contributed by atoms with Gasteiger partial charge in [-0.25, -0.2) is 0 Å². The van der Waals surface area contributed by atoms with Gasteiger partial charge in [0.15, 0.2) is 5.96 Å². The van der Waals surface area contributed by atoms with Gasteiger partial charge in [0.1, 0.15) is 0 Å². The summed E-state index contributed by atoms with van der Waals surface area (Å²) in [6, 6.07) is 11.9. The van der Waals surface area contributed by atoms with Gasteiger partial charge in [0, 0.05) is 19.5 Å². The van der Waals surface area contributed by atoms with E-state index in [0.29, 0.717) is 16.3 Å². The van der Waals surface area contributed by atoms with Gasteiger partial charge in [0.2, 0.25) is 0 Å². The number of anilines is 1. The number of hydrogen-bond donors (Lipinski definition) is 3. The highest BCUT2D eigenvalue weighted by atomic mass is 79.9. The summed E-state index contributed by atoms with van der Waals surface area (Å²) in [4.78, 5) is 12.0. The lowest BCUT2D eigenvalue weighted by Gasteiger charge is -2.11. The van der Waals surface area contributed by atoms with Gasteiger partial charge >= 0.3 is 0 Å². The van der Waals surface area contributed by atoms with Gasteiger partial charge in [-0.1, -0.05) is 27.5 Å². The first-order valence-electron chi connectivity index (χ1n) is 5.83. The number of rotatable bonds is 2. The molecule has 0 aliphatic carbocycles. The molecule has 4 nitrogen and oxygen atoms in total. The minimum absolute atomic E-state index is 0.117. The second-order valence-electron chi connectivity index (χ2n) is 4.09. The quantitative estimate of drug-likeness (QED) is 0.479. The van der Waals surface area contributed by atoms with Gasteiger partial charge < -0.3 is 5.32 Å². The third-order valence-electron chi connectivity index (χ3n) is 2.53. The average Bonchev–Trinajstić information content (AvgIpc) is 2.43. The summed E-state index contributed by atoms with van der Waals surface area (Å²) in [6.45, 7) is 0. The topological polar surface area (TPSA) is 65.0 Å². The first-order valence-corrected chi connectivity index (χ1v) is 7.79. The zero-order valence-electron chi connectivity index (χ0n) is 10.6. The SMILES string of the molecule is N=C(NC(=O)c1ccc(Cl)cc1)Nc1cc(Br)ccc1Br. The summed E-state index contributed by atoms with van der Waals surface area (Å²) < 4.78 is 1.65. The summed E-state index contributed by atoms with van der Waals surface area (Å²) in [7, 11) is 0. The Morgan fingerprint density at radius 3 is 2.43 bits per heavy atom. The molecule has 3 N–H and O–H groups in total. The van der Waals surface area contributed by atoms with E-state index in [1.165, 1.54) is 0 Å². The molecule has 0 heterocycles. The molecule has 1 amide bonds. The van der Waals surface area contributed by atoms with E-state index < -0.39 is 0 Å². The lowest BCUT2D eigenvalue weighted by Crippen LogP contribution is -2.35. The van der Waals surface area contributed by atoms with Gasteiger partial charge in [-0.05, 0) is 58.4 Å². The molecule has 0 bridgehead atoms. The van der Waals surface area contributed by atoms with Gasteiger partial charge in [-0.15, -0.1) is 0 Å². The number of amides is 1. The third-order valence-corrected chi connectivity index (χ3v) is 3.97. The molecule has 0 aromatic heterocycles. The summed E-state index contributed by atoms with van der Waals surface area (Å²) in [6.07, 6.45) is 0. The minimum atomic E-state index is -0.379. The maximum atomic E-state index is 12.0. The first kappa shape index (κ1) is 16.0. The largest absolute Gasteiger partial charge is 0.325 e. The Kier molecular flexibility index (Phi) is 5.39. The number of carbonyl (C=O) groups excluding carboxylic acids is 1. The van der Waals surface area contributed by atoms with Crippen LogP contribution in [0.15, 0.2) is 51.4 Å². The van der Waals surface area contributed by atoms with Gasteiger partial charge in [-0.2, -0.15) is 0 Å². The monoisotopic (exact) mass is 429 g/mol. The molecular formula is C14H10Br2ClN3O. The van der Waals surface area contributed by atoms with Crippen molar-refractivity contribution in [2.45, 2.75) is 0 Å². The molecule has 21 heavy (non-hydrogen) atoms.